The van der Waals surface area contributed by atoms with Crippen molar-refractivity contribution in [2.45, 2.75) is 19.9 Å². The smallest absolute Gasteiger partial charge is 0.267 e. The minimum Gasteiger partial charge on any atom is -0.467 e. The van der Waals surface area contributed by atoms with Crippen LogP contribution < -0.4 is 10.9 Å². The number of furan rings is 1. The van der Waals surface area contributed by atoms with E-state index in [1.54, 1.807) is 41.6 Å². The highest BCUT2D eigenvalue weighted by Gasteiger charge is 2.31. The van der Waals surface area contributed by atoms with Crippen LogP contribution in [0.2, 0.25) is 0 Å². The van der Waals surface area contributed by atoms with Crippen LogP contribution in [0.15, 0.2) is 56.9 Å². The normalized spacial score (nSPS) is 15.6. The zero-order chi connectivity index (χ0) is 20.4. The van der Waals surface area contributed by atoms with E-state index in [2.05, 4.69) is 10.3 Å². The Labute approximate surface area is 176 Å². The molecule has 29 heavy (non-hydrogen) atoms. The number of anilines is 1. The number of hydrogen-bond donors (Lipinski definition) is 1. The van der Waals surface area contributed by atoms with E-state index in [9.17, 15) is 9.59 Å². The van der Waals surface area contributed by atoms with Crippen molar-refractivity contribution in [3.8, 4) is 0 Å². The zero-order valence-electron chi connectivity index (χ0n) is 15.6. The summed E-state index contributed by atoms with van der Waals surface area (Å²) in [4.78, 5) is 32.4. The molecule has 1 aliphatic heterocycles. The molecular formula is C20H18N4O3S2. The summed E-state index contributed by atoms with van der Waals surface area (Å²) in [7, 11) is 0. The zero-order valence-corrected chi connectivity index (χ0v) is 17.3. The molecule has 0 radical (unpaired) electrons. The fourth-order valence-corrected chi connectivity index (χ4v) is 4.29. The van der Waals surface area contributed by atoms with Gasteiger partial charge in [0.2, 0.25) is 0 Å². The minimum atomic E-state index is -0.265. The number of thiocarbonyl (C=S) groups is 1. The molecule has 1 amide bonds. The number of nitrogens with one attached hydrogen (secondary N) is 1. The molecular weight excluding hydrogens is 408 g/mol. The van der Waals surface area contributed by atoms with E-state index in [0.717, 1.165) is 6.42 Å². The summed E-state index contributed by atoms with van der Waals surface area (Å²) < 4.78 is 7.30. The fourth-order valence-electron chi connectivity index (χ4n) is 3.00. The van der Waals surface area contributed by atoms with Crippen LogP contribution in [0.25, 0.3) is 11.7 Å². The van der Waals surface area contributed by atoms with E-state index >= 15 is 0 Å². The third kappa shape index (κ3) is 3.83. The lowest BCUT2D eigenvalue weighted by Gasteiger charge is -2.12. The summed E-state index contributed by atoms with van der Waals surface area (Å²) in [6.45, 7) is 2.90. The number of rotatable bonds is 6. The molecule has 0 bridgehead atoms. The second-order valence-corrected chi connectivity index (χ2v) is 8.05. The maximum atomic E-state index is 13.1. The summed E-state index contributed by atoms with van der Waals surface area (Å²) >= 11 is 6.53. The highest BCUT2D eigenvalue weighted by atomic mass is 32.2. The summed E-state index contributed by atoms with van der Waals surface area (Å²) in [6.07, 6.45) is 5.62. The summed E-state index contributed by atoms with van der Waals surface area (Å²) in [6, 6.07) is 8.95. The van der Waals surface area contributed by atoms with Crippen molar-refractivity contribution in [1.29, 1.82) is 0 Å². The van der Waals surface area contributed by atoms with Crippen LogP contribution in [0.1, 0.15) is 24.7 Å². The van der Waals surface area contributed by atoms with Gasteiger partial charge in [-0.25, -0.2) is 4.98 Å². The average Bonchev–Trinajstić information content (AvgIpc) is 3.33. The summed E-state index contributed by atoms with van der Waals surface area (Å²) in [5.41, 5.74) is 0.547. The van der Waals surface area contributed by atoms with Crippen LogP contribution in [-0.4, -0.2) is 31.1 Å². The maximum Gasteiger partial charge on any atom is 0.267 e. The third-order valence-electron chi connectivity index (χ3n) is 4.38. The number of amides is 1. The molecule has 7 nitrogen and oxygen atoms in total. The van der Waals surface area contributed by atoms with Gasteiger partial charge in [-0.05, 0) is 36.8 Å². The molecule has 0 saturated carbocycles. The molecule has 0 spiro atoms. The van der Waals surface area contributed by atoms with E-state index in [4.69, 9.17) is 16.6 Å². The maximum absolute atomic E-state index is 13.1. The molecule has 0 aliphatic carbocycles. The van der Waals surface area contributed by atoms with Gasteiger partial charge in [0.25, 0.3) is 11.5 Å². The molecule has 0 unspecified atom stereocenters. The van der Waals surface area contributed by atoms with Crippen LogP contribution in [0, 0.1) is 0 Å². The Hall–Kier alpha value is -2.91. The van der Waals surface area contributed by atoms with E-state index in [0.29, 0.717) is 45.1 Å². The SMILES string of the molecule is CCCN1C(=O)/C(=C/c2c(NCc3ccco3)nc3ccccn3c2=O)SC1=S. The summed E-state index contributed by atoms with van der Waals surface area (Å²) in [5, 5.41) is 3.16. The van der Waals surface area contributed by atoms with Gasteiger partial charge in [0.1, 0.15) is 21.5 Å². The minimum absolute atomic E-state index is 0.184. The number of carbonyl (C=O) groups is 1. The van der Waals surface area contributed by atoms with E-state index in [1.165, 1.54) is 16.2 Å². The van der Waals surface area contributed by atoms with Crippen LogP contribution in [-0.2, 0) is 11.3 Å². The predicted molar refractivity (Wildman–Crippen MR) is 118 cm³/mol. The molecule has 148 valence electrons. The molecule has 4 rings (SSSR count). The van der Waals surface area contributed by atoms with Crippen molar-refractivity contribution in [3.05, 3.63) is 69.4 Å². The highest BCUT2D eigenvalue weighted by Crippen LogP contribution is 2.33. The standard InChI is InChI=1S/C20H18N4O3S2/c1-2-8-24-19(26)15(29-20(24)28)11-14-17(21-12-13-6-5-10-27-13)22-16-7-3-4-9-23(16)18(14)25/h3-7,9-11,21H,2,8,12H2,1H3/b15-11-. The third-order valence-corrected chi connectivity index (χ3v) is 5.75. The number of carbonyl (C=O) groups excluding carboxylic acids is 1. The van der Waals surface area contributed by atoms with Crippen LogP contribution in [0.4, 0.5) is 5.82 Å². The van der Waals surface area contributed by atoms with Gasteiger partial charge < -0.3 is 9.73 Å². The van der Waals surface area contributed by atoms with E-state index in [1.807, 2.05) is 19.1 Å². The first kappa shape index (κ1) is 19.4. The molecule has 3 aromatic rings. The first-order valence-electron chi connectivity index (χ1n) is 9.11. The topological polar surface area (TPSA) is 79.8 Å². The molecule has 1 aliphatic rings. The Bertz CT molecular complexity index is 1170. The molecule has 1 N–H and O–H groups in total. The molecule has 1 fully saturated rings. The molecule has 3 aromatic heterocycles. The number of pyridine rings is 1. The summed E-state index contributed by atoms with van der Waals surface area (Å²) in [5.74, 6) is 0.912. The van der Waals surface area contributed by atoms with Gasteiger partial charge in [-0.1, -0.05) is 37.0 Å². The predicted octanol–water partition coefficient (Wildman–Crippen LogP) is 3.51. The van der Waals surface area contributed by atoms with Crippen LogP contribution in [0.3, 0.4) is 0 Å². The van der Waals surface area contributed by atoms with E-state index in [-0.39, 0.29) is 11.5 Å². The van der Waals surface area contributed by atoms with Gasteiger partial charge in [-0.2, -0.15) is 0 Å². The Morgan fingerprint density at radius 3 is 2.90 bits per heavy atom. The van der Waals surface area contributed by atoms with Gasteiger partial charge in [-0.3, -0.25) is 18.9 Å². The Morgan fingerprint density at radius 2 is 2.14 bits per heavy atom. The monoisotopic (exact) mass is 426 g/mol. The number of nitrogens with zero attached hydrogens (tertiary/aromatic N) is 3. The van der Waals surface area contributed by atoms with Gasteiger partial charge in [0.05, 0.1) is 23.3 Å². The fraction of sp³-hybridized carbons (Fsp3) is 0.200. The van der Waals surface area contributed by atoms with Gasteiger partial charge in [0.15, 0.2) is 0 Å². The second kappa shape index (κ2) is 8.22. The largest absolute Gasteiger partial charge is 0.467 e. The molecule has 1 saturated heterocycles. The van der Waals surface area contributed by atoms with Gasteiger partial charge in [0, 0.05) is 12.7 Å². The highest BCUT2D eigenvalue weighted by molar-refractivity contribution is 8.26. The van der Waals surface area contributed by atoms with E-state index < -0.39 is 0 Å². The van der Waals surface area contributed by atoms with Crippen molar-refractivity contribution in [1.82, 2.24) is 14.3 Å². The van der Waals surface area contributed by atoms with Crippen LogP contribution in [0.5, 0.6) is 0 Å². The second-order valence-electron chi connectivity index (χ2n) is 6.37. The number of hydrogen-bond acceptors (Lipinski definition) is 7. The van der Waals surface area contributed by atoms with Crippen molar-refractivity contribution in [2.75, 3.05) is 11.9 Å². The van der Waals surface area contributed by atoms with Crippen molar-refractivity contribution in [3.63, 3.8) is 0 Å². The first-order chi connectivity index (χ1) is 14.1. The molecule has 9 heteroatoms. The van der Waals surface area contributed by atoms with Gasteiger partial charge >= 0.3 is 0 Å². The number of fused-ring (bicyclic) bond motifs is 1. The quantitative estimate of drug-likeness (QED) is 0.477. The lowest BCUT2D eigenvalue weighted by Crippen LogP contribution is -2.28. The van der Waals surface area contributed by atoms with Crippen molar-refractivity contribution >= 4 is 51.7 Å². The Balaban J connectivity index is 1.78. The van der Waals surface area contributed by atoms with Crippen molar-refractivity contribution in [2.24, 2.45) is 0 Å². The Kier molecular flexibility index (Phi) is 5.50. The lowest BCUT2D eigenvalue weighted by atomic mass is 10.2. The van der Waals surface area contributed by atoms with Gasteiger partial charge in [-0.15, -0.1) is 0 Å². The average molecular weight is 427 g/mol. The molecule has 0 atom stereocenters. The van der Waals surface area contributed by atoms with Crippen molar-refractivity contribution < 1.29 is 9.21 Å². The molecule has 0 aromatic carbocycles. The Morgan fingerprint density at radius 1 is 1.28 bits per heavy atom. The number of thioether (sulfide) groups is 1. The molecule has 4 heterocycles. The number of aromatic nitrogens is 2. The first-order valence-corrected chi connectivity index (χ1v) is 10.3. The lowest BCUT2D eigenvalue weighted by molar-refractivity contribution is -0.122. The van der Waals surface area contributed by atoms with Crippen LogP contribution >= 0.6 is 24.0 Å².